The first-order valence-electron chi connectivity index (χ1n) is 5.65. The van der Waals surface area contributed by atoms with Crippen molar-refractivity contribution in [3.05, 3.63) is 35.5 Å². The van der Waals surface area contributed by atoms with E-state index in [-0.39, 0.29) is 6.61 Å². The average Bonchev–Trinajstić information content (AvgIpc) is 2.88. The van der Waals surface area contributed by atoms with Gasteiger partial charge in [-0.3, -0.25) is 4.98 Å². The Kier molecular flexibility index (Phi) is 4.77. The molecule has 18 heavy (non-hydrogen) atoms. The Balaban J connectivity index is 1.91. The van der Waals surface area contributed by atoms with Crippen LogP contribution < -0.4 is 5.32 Å². The fourth-order valence-corrected chi connectivity index (χ4v) is 2.22. The van der Waals surface area contributed by atoms with Crippen molar-refractivity contribution in [2.45, 2.75) is 12.6 Å². The summed E-state index contributed by atoms with van der Waals surface area (Å²) in [5.74, 6) is 0. The highest BCUT2D eigenvalue weighted by atomic mass is 32.1. The SMILES string of the molecule is OCC(O)CNCc1csc(-c2ccccn2)n1. The quantitative estimate of drug-likeness (QED) is 0.714. The summed E-state index contributed by atoms with van der Waals surface area (Å²) in [5.41, 5.74) is 1.77. The number of aliphatic hydroxyl groups excluding tert-OH is 2. The maximum atomic E-state index is 9.18. The maximum absolute atomic E-state index is 9.18. The molecule has 0 fully saturated rings. The van der Waals surface area contributed by atoms with Gasteiger partial charge in [0.05, 0.1) is 24.1 Å². The van der Waals surface area contributed by atoms with Gasteiger partial charge in [0.15, 0.2) is 0 Å². The fraction of sp³-hybridized carbons (Fsp3) is 0.333. The number of thiazole rings is 1. The largest absolute Gasteiger partial charge is 0.394 e. The number of hydrogen-bond donors (Lipinski definition) is 3. The molecule has 0 amide bonds. The smallest absolute Gasteiger partial charge is 0.142 e. The van der Waals surface area contributed by atoms with Crippen molar-refractivity contribution in [3.8, 4) is 10.7 Å². The van der Waals surface area contributed by atoms with Gasteiger partial charge >= 0.3 is 0 Å². The molecule has 0 saturated heterocycles. The third kappa shape index (κ3) is 3.58. The number of nitrogens with one attached hydrogen (secondary N) is 1. The molecule has 2 aromatic rings. The Morgan fingerprint density at radius 2 is 2.28 bits per heavy atom. The number of nitrogens with zero attached hydrogens (tertiary/aromatic N) is 2. The first kappa shape index (κ1) is 13.1. The summed E-state index contributed by atoms with van der Waals surface area (Å²) in [6.45, 7) is 0.691. The highest BCUT2D eigenvalue weighted by Gasteiger charge is 2.06. The van der Waals surface area contributed by atoms with Crippen LogP contribution >= 0.6 is 11.3 Å². The molecule has 0 saturated carbocycles. The molecule has 5 nitrogen and oxygen atoms in total. The molecule has 0 spiro atoms. The Hall–Kier alpha value is -1.34. The summed E-state index contributed by atoms with van der Waals surface area (Å²) >= 11 is 1.54. The number of aliphatic hydroxyl groups is 2. The predicted octanol–water partition coefficient (Wildman–Crippen LogP) is 0.648. The highest BCUT2D eigenvalue weighted by Crippen LogP contribution is 2.20. The van der Waals surface area contributed by atoms with Crippen LogP contribution in [0.1, 0.15) is 5.69 Å². The molecule has 2 rings (SSSR count). The van der Waals surface area contributed by atoms with Crippen molar-refractivity contribution >= 4 is 11.3 Å². The van der Waals surface area contributed by atoms with E-state index in [4.69, 9.17) is 5.11 Å². The van der Waals surface area contributed by atoms with Gasteiger partial charge in [0.25, 0.3) is 0 Å². The minimum Gasteiger partial charge on any atom is -0.394 e. The van der Waals surface area contributed by atoms with Crippen LogP contribution in [0.4, 0.5) is 0 Å². The standard InChI is InChI=1S/C12H15N3O2S/c16-7-10(17)6-13-5-9-8-18-12(15-9)11-3-1-2-4-14-11/h1-4,8,10,13,16-17H,5-7H2. The summed E-state index contributed by atoms with van der Waals surface area (Å²) in [7, 11) is 0. The van der Waals surface area contributed by atoms with Gasteiger partial charge in [0.1, 0.15) is 5.01 Å². The van der Waals surface area contributed by atoms with E-state index in [1.54, 1.807) is 17.5 Å². The van der Waals surface area contributed by atoms with Gasteiger partial charge < -0.3 is 15.5 Å². The van der Waals surface area contributed by atoms with E-state index < -0.39 is 6.10 Å². The molecule has 0 bridgehead atoms. The third-order valence-electron chi connectivity index (χ3n) is 2.33. The van der Waals surface area contributed by atoms with Gasteiger partial charge in [-0.15, -0.1) is 11.3 Å². The van der Waals surface area contributed by atoms with Gasteiger partial charge in [-0.05, 0) is 12.1 Å². The molecule has 96 valence electrons. The van der Waals surface area contributed by atoms with E-state index in [0.29, 0.717) is 13.1 Å². The molecule has 0 radical (unpaired) electrons. The Morgan fingerprint density at radius 1 is 1.39 bits per heavy atom. The molecular weight excluding hydrogens is 250 g/mol. The minimum atomic E-state index is -0.723. The predicted molar refractivity (Wildman–Crippen MR) is 70.1 cm³/mol. The molecular formula is C12H15N3O2S. The van der Waals surface area contributed by atoms with Gasteiger partial charge in [0, 0.05) is 24.7 Å². The van der Waals surface area contributed by atoms with Crippen LogP contribution in [-0.2, 0) is 6.54 Å². The molecule has 3 N–H and O–H groups in total. The second-order valence-electron chi connectivity index (χ2n) is 3.83. The first-order chi connectivity index (χ1) is 8.79. The van der Waals surface area contributed by atoms with Gasteiger partial charge in [-0.1, -0.05) is 6.07 Å². The second-order valence-corrected chi connectivity index (χ2v) is 4.68. The van der Waals surface area contributed by atoms with Crippen LogP contribution in [0.5, 0.6) is 0 Å². The molecule has 1 unspecified atom stereocenters. The summed E-state index contributed by atoms with van der Waals surface area (Å²) in [6, 6.07) is 5.72. The molecule has 6 heteroatoms. The lowest BCUT2D eigenvalue weighted by Gasteiger charge is -2.06. The summed E-state index contributed by atoms with van der Waals surface area (Å²) < 4.78 is 0. The zero-order chi connectivity index (χ0) is 12.8. The first-order valence-corrected chi connectivity index (χ1v) is 6.53. The second kappa shape index (κ2) is 6.55. The van der Waals surface area contributed by atoms with E-state index in [1.807, 2.05) is 23.6 Å². The average molecular weight is 265 g/mol. The van der Waals surface area contributed by atoms with Crippen molar-refractivity contribution in [1.29, 1.82) is 0 Å². The topological polar surface area (TPSA) is 78.3 Å². The van der Waals surface area contributed by atoms with Crippen molar-refractivity contribution in [1.82, 2.24) is 15.3 Å². The van der Waals surface area contributed by atoms with Crippen LogP contribution in [-0.4, -0.2) is 39.4 Å². The van der Waals surface area contributed by atoms with Gasteiger partial charge in [0.2, 0.25) is 0 Å². The molecule has 1 atom stereocenters. The molecule has 0 aliphatic rings. The van der Waals surface area contributed by atoms with Crippen LogP contribution in [0, 0.1) is 0 Å². The highest BCUT2D eigenvalue weighted by molar-refractivity contribution is 7.13. The lowest BCUT2D eigenvalue weighted by atomic mass is 10.3. The molecule has 0 aliphatic heterocycles. The van der Waals surface area contributed by atoms with Crippen LogP contribution in [0.25, 0.3) is 10.7 Å². The Bertz CT molecular complexity index is 475. The van der Waals surface area contributed by atoms with Crippen molar-refractivity contribution in [2.75, 3.05) is 13.2 Å². The fourth-order valence-electron chi connectivity index (χ4n) is 1.43. The van der Waals surface area contributed by atoms with E-state index in [9.17, 15) is 5.11 Å². The number of pyridine rings is 1. The van der Waals surface area contributed by atoms with Crippen LogP contribution in [0.3, 0.4) is 0 Å². The number of rotatable bonds is 6. The zero-order valence-electron chi connectivity index (χ0n) is 9.78. The number of hydrogen-bond acceptors (Lipinski definition) is 6. The van der Waals surface area contributed by atoms with Crippen LogP contribution in [0.15, 0.2) is 29.8 Å². The third-order valence-corrected chi connectivity index (χ3v) is 3.25. The van der Waals surface area contributed by atoms with Crippen molar-refractivity contribution < 1.29 is 10.2 Å². The normalized spacial score (nSPS) is 12.6. The van der Waals surface area contributed by atoms with E-state index in [2.05, 4.69) is 15.3 Å². The molecule has 0 aliphatic carbocycles. The van der Waals surface area contributed by atoms with Gasteiger partial charge in [-0.25, -0.2) is 4.98 Å². The molecule has 0 aromatic carbocycles. The van der Waals surface area contributed by atoms with Crippen molar-refractivity contribution in [3.63, 3.8) is 0 Å². The molecule has 2 aromatic heterocycles. The number of aromatic nitrogens is 2. The van der Waals surface area contributed by atoms with Gasteiger partial charge in [-0.2, -0.15) is 0 Å². The lowest BCUT2D eigenvalue weighted by Crippen LogP contribution is -2.28. The Morgan fingerprint density at radius 3 is 3.00 bits per heavy atom. The lowest BCUT2D eigenvalue weighted by molar-refractivity contribution is 0.0941. The summed E-state index contributed by atoms with van der Waals surface area (Å²) in [6.07, 6.45) is 1.02. The van der Waals surface area contributed by atoms with E-state index in [1.165, 1.54) is 0 Å². The van der Waals surface area contributed by atoms with E-state index in [0.717, 1.165) is 16.4 Å². The maximum Gasteiger partial charge on any atom is 0.142 e. The zero-order valence-corrected chi connectivity index (χ0v) is 10.6. The minimum absolute atomic E-state index is 0.233. The van der Waals surface area contributed by atoms with Crippen molar-refractivity contribution in [2.24, 2.45) is 0 Å². The monoisotopic (exact) mass is 265 g/mol. The van der Waals surface area contributed by atoms with E-state index >= 15 is 0 Å². The summed E-state index contributed by atoms with van der Waals surface area (Å²) in [4.78, 5) is 8.69. The molecule has 2 heterocycles. The summed E-state index contributed by atoms with van der Waals surface area (Å²) in [5, 5.41) is 23.7. The van der Waals surface area contributed by atoms with Crippen LogP contribution in [0.2, 0.25) is 0 Å². The Labute approximate surface area is 109 Å².